The number of nitrogens with zero attached hydrogens (tertiary/aromatic N) is 6. The van der Waals surface area contributed by atoms with E-state index in [1.807, 2.05) is 19.1 Å². The first-order valence-corrected chi connectivity index (χ1v) is 11.0. The quantitative estimate of drug-likeness (QED) is 0.350. The Bertz CT molecular complexity index is 1410. The van der Waals surface area contributed by atoms with E-state index < -0.39 is 11.7 Å². The van der Waals surface area contributed by atoms with Gasteiger partial charge in [-0.25, -0.2) is 9.98 Å². The van der Waals surface area contributed by atoms with Crippen molar-refractivity contribution in [3.8, 4) is 11.3 Å². The van der Waals surface area contributed by atoms with E-state index in [1.54, 1.807) is 16.8 Å². The number of anilines is 1. The van der Waals surface area contributed by atoms with Crippen LogP contribution in [0.1, 0.15) is 16.8 Å². The number of aliphatic imine (C=N–C) groups is 1. The monoisotopic (exact) mass is 481 g/mol. The number of alkyl halides is 3. The van der Waals surface area contributed by atoms with Crippen LogP contribution in [0.25, 0.3) is 16.9 Å². The predicted octanol–water partition coefficient (Wildman–Crippen LogP) is 3.99. The zero-order valence-corrected chi connectivity index (χ0v) is 18.8. The summed E-state index contributed by atoms with van der Waals surface area (Å²) in [5.41, 5.74) is 8.68. The fourth-order valence-electron chi connectivity index (χ4n) is 3.95. The normalized spacial score (nSPS) is 15.1. The molecule has 5 rings (SSSR count). The standard InChI is InChI=1S/C24H22F3N7O/c1-15-19(20-13-22(33-7-9-35-10-8-33)34-21(32-20)5-6-30-34)12-18(14-29-15)31-23(28)16-3-2-4-17(11-16)24(25,26)27/h2-6,11-14H,7-10H2,1H3,(H2,28,31). The van der Waals surface area contributed by atoms with Gasteiger partial charge in [-0.2, -0.15) is 22.8 Å². The molecule has 4 heterocycles. The summed E-state index contributed by atoms with van der Waals surface area (Å²) in [5.74, 6) is 0.844. The fraction of sp³-hybridized carbons (Fsp3) is 0.250. The molecule has 0 bridgehead atoms. The van der Waals surface area contributed by atoms with Crippen LogP contribution < -0.4 is 10.6 Å². The molecule has 180 valence electrons. The highest BCUT2D eigenvalue weighted by Crippen LogP contribution is 2.31. The van der Waals surface area contributed by atoms with Crippen molar-refractivity contribution in [2.24, 2.45) is 10.7 Å². The highest BCUT2D eigenvalue weighted by molar-refractivity contribution is 5.99. The molecular weight excluding hydrogens is 459 g/mol. The van der Waals surface area contributed by atoms with Crippen LogP contribution in [0.4, 0.5) is 24.7 Å². The number of ether oxygens (including phenoxy) is 1. The number of rotatable bonds is 4. The molecule has 0 radical (unpaired) electrons. The molecule has 8 nitrogen and oxygen atoms in total. The zero-order valence-electron chi connectivity index (χ0n) is 18.8. The summed E-state index contributed by atoms with van der Waals surface area (Å²) in [6, 6.07) is 10.3. The number of nitrogens with two attached hydrogens (primary N) is 1. The zero-order chi connectivity index (χ0) is 24.6. The molecule has 1 aromatic carbocycles. The van der Waals surface area contributed by atoms with Crippen molar-refractivity contribution in [2.45, 2.75) is 13.1 Å². The Labute approximate surface area is 198 Å². The lowest BCUT2D eigenvalue weighted by Gasteiger charge is -2.29. The predicted molar refractivity (Wildman–Crippen MR) is 126 cm³/mol. The van der Waals surface area contributed by atoms with Gasteiger partial charge in [0.05, 0.1) is 42.6 Å². The maximum absolute atomic E-state index is 13.1. The summed E-state index contributed by atoms with van der Waals surface area (Å²) in [6.45, 7) is 4.57. The van der Waals surface area contributed by atoms with Crippen molar-refractivity contribution in [2.75, 3.05) is 31.2 Å². The molecule has 2 N–H and O–H groups in total. The lowest BCUT2D eigenvalue weighted by Crippen LogP contribution is -2.37. The van der Waals surface area contributed by atoms with Gasteiger partial charge in [0.15, 0.2) is 5.65 Å². The smallest absolute Gasteiger partial charge is 0.383 e. The van der Waals surface area contributed by atoms with Crippen molar-refractivity contribution in [1.29, 1.82) is 0 Å². The van der Waals surface area contributed by atoms with E-state index in [9.17, 15) is 13.2 Å². The van der Waals surface area contributed by atoms with Gasteiger partial charge in [0.25, 0.3) is 0 Å². The first kappa shape index (κ1) is 22.8. The van der Waals surface area contributed by atoms with Crippen molar-refractivity contribution in [3.05, 3.63) is 71.7 Å². The molecule has 1 saturated heterocycles. The average molecular weight is 481 g/mol. The van der Waals surface area contributed by atoms with Gasteiger partial charge < -0.3 is 15.4 Å². The van der Waals surface area contributed by atoms with Gasteiger partial charge in [-0.15, -0.1) is 0 Å². The van der Waals surface area contributed by atoms with Crippen molar-refractivity contribution >= 4 is 23.0 Å². The number of fused-ring (bicyclic) bond motifs is 1. The topological polar surface area (TPSA) is 93.9 Å². The number of amidine groups is 1. The Kier molecular flexibility index (Phi) is 5.85. The third-order valence-corrected chi connectivity index (χ3v) is 5.76. The number of hydrogen-bond donors (Lipinski definition) is 1. The van der Waals surface area contributed by atoms with E-state index in [0.29, 0.717) is 30.2 Å². The second-order valence-corrected chi connectivity index (χ2v) is 8.10. The van der Waals surface area contributed by atoms with Crippen molar-refractivity contribution in [1.82, 2.24) is 19.6 Å². The SMILES string of the molecule is Cc1ncc(N=C(N)c2cccc(C(F)(F)F)c2)cc1-c1cc(N2CCOCC2)n2nccc2n1. The molecule has 1 aliphatic heterocycles. The first-order chi connectivity index (χ1) is 16.8. The molecule has 4 aromatic rings. The lowest BCUT2D eigenvalue weighted by molar-refractivity contribution is -0.137. The third kappa shape index (κ3) is 4.67. The van der Waals surface area contributed by atoms with E-state index in [2.05, 4.69) is 20.0 Å². The molecular formula is C24H22F3N7O. The Hall–Kier alpha value is -3.99. The lowest BCUT2D eigenvalue weighted by atomic mass is 10.1. The van der Waals surface area contributed by atoms with E-state index >= 15 is 0 Å². The van der Waals surface area contributed by atoms with Gasteiger partial charge in [0, 0.05) is 42.0 Å². The number of aryl methyl sites for hydroxylation is 1. The Morgan fingerprint density at radius 2 is 1.91 bits per heavy atom. The highest BCUT2D eigenvalue weighted by Gasteiger charge is 2.30. The van der Waals surface area contributed by atoms with Gasteiger partial charge >= 0.3 is 6.18 Å². The van der Waals surface area contributed by atoms with Crippen LogP contribution in [0.2, 0.25) is 0 Å². The summed E-state index contributed by atoms with van der Waals surface area (Å²) >= 11 is 0. The number of halogens is 3. The molecule has 11 heteroatoms. The van der Waals surface area contributed by atoms with Gasteiger partial charge in [-0.1, -0.05) is 12.1 Å². The van der Waals surface area contributed by atoms with Crippen molar-refractivity contribution in [3.63, 3.8) is 0 Å². The van der Waals surface area contributed by atoms with Crippen LogP contribution in [-0.4, -0.2) is 51.7 Å². The summed E-state index contributed by atoms with van der Waals surface area (Å²) < 4.78 is 46.5. The highest BCUT2D eigenvalue weighted by atomic mass is 19.4. The number of hydrogen-bond acceptors (Lipinski definition) is 6. The number of benzene rings is 1. The maximum atomic E-state index is 13.1. The maximum Gasteiger partial charge on any atom is 0.416 e. The molecule has 0 amide bonds. The summed E-state index contributed by atoms with van der Waals surface area (Å²) in [7, 11) is 0. The van der Waals surface area contributed by atoms with Crippen LogP contribution >= 0.6 is 0 Å². The molecule has 0 aliphatic carbocycles. The molecule has 0 saturated carbocycles. The minimum atomic E-state index is -4.47. The first-order valence-electron chi connectivity index (χ1n) is 11.0. The molecule has 1 fully saturated rings. The minimum Gasteiger partial charge on any atom is -0.383 e. The van der Waals surface area contributed by atoms with Crippen LogP contribution in [0, 0.1) is 6.92 Å². The Morgan fingerprint density at radius 1 is 1.11 bits per heavy atom. The average Bonchev–Trinajstić information content (AvgIpc) is 3.33. The summed E-state index contributed by atoms with van der Waals surface area (Å²) in [5, 5.41) is 4.40. The Balaban J connectivity index is 1.54. The van der Waals surface area contributed by atoms with E-state index in [4.69, 9.17) is 15.5 Å². The van der Waals surface area contributed by atoms with Crippen LogP contribution in [-0.2, 0) is 10.9 Å². The number of morpholine rings is 1. The number of pyridine rings is 1. The third-order valence-electron chi connectivity index (χ3n) is 5.76. The molecule has 35 heavy (non-hydrogen) atoms. The van der Waals surface area contributed by atoms with Crippen molar-refractivity contribution < 1.29 is 17.9 Å². The fourth-order valence-corrected chi connectivity index (χ4v) is 3.95. The largest absolute Gasteiger partial charge is 0.416 e. The second kappa shape index (κ2) is 8.99. The van der Waals surface area contributed by atoms with Gasteiger partial charge in [0.2, 0.25) is 0 Å². The van der Waals surface area contributed by atoms with Crippen LogP contribution in [0.5, 0.6) is 0 Å². The molecule has 0 atom stereocenters. The molecule has 0 unspecified atom stereocenters. The van der Waals surface area contributed by atoms with Crippen LogP contribution in [0.3, 0.4) is 0 Å². The van der Waals surface area contributed by atoms with E-state index in [1.165, 1.54) is 18.3 Å². The molecule has 3 aromatic heterocycles. The molecule has 0 spiro atoms. The number of aromatic nitrogens is 4. The van der Waals surface area contributed by atoms with Gasteiger partial charge in [-0.05, 0) is 25.1 Å². The second-order valence-electron chi connectivity index (χ2n) is 8.10. The molecule has 1 aliphatic rings. The van der Waals surface area contributed by atoms with Crippen LogP contribution in [0.15, 0.2) is 59.9 Å². The summed E-state index contributed by atoms with van der Waals surface area (Å²) in [6.07, 6.45) is -1.25. The van der Waals surface area contributed by atoms with E-state index in [-0.39, 0.29) is 11.4 Å². The minimum absolute atomic E-state index is 0.0408. The van der Waals surface area contributed by atoms with Gasteiger partial charge in [-0.3, -0.25) is 4.98 Å². The van der Waals surface area contributed by atoms with E-state index in [0.717, 1.165) is 42.3 Å². The Morgan fingerprint density at radius 3 is 2.69 bits per heavy atom. The van der Waals surface area contributed by atoms with Gasteiger partial charge in [0.1, 0.15) is 11.7 Å². The summed E-state index contributed by atoms with van der Waals surface area (Å²) in [4.78, 5) is 15.7.